The lowest BCUT2D eigenvalue weighted by molar-refractivity contribution is -0.129. The molecule has 1 unspecified atom stereocenters. The van der Waals surface area contributed by atoms with Crippen LogP contribution in [-0.2, 0) is 4.79 Å². The number of carbonyl (C=O) groups is 1. The van der Waals surface area contributed by atoms with Gasteiger partial charge in [0.2, 0.25) is 5.91 Å². The Morgan fingerprint density at radius 1 is 1.38 bits per heavy atom. The number of carbonyl (C=O) groups excluding carboxylic acids is 1. The van der Waals surface area contributed by atoms with Crippen molar-refractivity contribution >= 4 is 5.91 Å². The van der Waals surface area contributed by atoms with E-state index in [1.54, 1.807) is 14.1 Å². The maximum atomic E-state index is 12.6. The summed E-state index contributed by atoms with van der Waals surface area (Å²) < 4.78 is 12.6. The molecule has 0 saturated heterocycles. The van der Waals surface area contributed by atoms with Gasteiger partial charge < -0.3 is 10.0 Å². The molecule has 1 N–H and O–H groups in total. The molecule has 0 fully saturated rings. The van der Waals surface area contributed by atoms with Crippen LogP contribution in [0.5, 0.6) is 0 Å². The highest BCUT2D eigenvalue weighted by Crippen LogP contribution is 2.18. The van der Waals surface area contributed by atoms with E-state index in [2.05, 4.69) is 0 Å². The fraction of sp³-hybridized carbons (Fsp3) is 0.417. The molecule has 88 valence electrons. The van der Waals surface area contributed by atoms with Gasteiger partial charge in [-0.3, -0.25) is 4.79 Å². The molecule has 0 saturated carbocycles. The van der Waals surface area contributed by atoms with Gasteiger partial charge in [0, 0.05) is 20.5 Å². The van der Waals surface area contributed by atoms with E-state index in [0.717, 1.165) is 0 Å². The highest BCUT2D eigenvalue weighted by atomic mass is 19.1. The SMILES string of the molecule is CN(C)C(=O)CCC(O)c1ccc(F)cc1. The van der Waals surface area contributed by atoms with E-state index in [1.807, 2.05) is 0 Å². The van der Waals surface area contributed by atoms with Crippen molar-refractivity contribution in [3.05, 3.63) is 35.6 Å². The molecule has 0 aliphatic rings. The van der Waals surface area contributed by atoms with E-state index in [4.69, 9.17) is 0 Å². The minimum atomic E-state index is -0.718. The van der Waals surface area contributed by atoms with Crippen LogP contribution in [0.1, 0.15) is 24.5 Å². The van der Waals surface area contributed by atoms with Gasteiger partial charge in [-0.1, -0.05) is 12.1 Å². The van der Waals surface area contributed by atoms with Crippen molar-refractivity contribution in [2.75, 3.05) is 14.1 Å². The molecule has 0 bridgehead atoms. The lowest BCUT2D eigenvalue weighted by atomic mass is 10.0. The fourth-order valence-corrected chi connectivity index (χ4v) is 1.34. The van der Waals surface area contributed by atoms with E-state index in [1.165, 1.54) is 29.2 Å². The second-order valence-electron chi connectivity index (χ2n) is 3.89. The molecule has 0 spiro atoms. The first-order chi connectivity index (χ1) is 7.50. The summed E-state index contributed by atoms with van der Waals surface area (Å²) in [5.41, 5.74) is 0.632. The molecule has 0 aromatic heterocycles. The molecule has 1 amide bonds. The average molecular weight is 225 g/mol. The first-order valence-electron chi connectivity index (χ1n) is 5.14. The number of amides is 1. The summed E-state index contributed by atoms with van der Waals surface area (Å²) in [6, 6.07) is 5.65. The Morgan fingerprint density at radius 3 is 2.44 bits per heavy atom. The minimum absolute atomic E-state index is 0.0267. The summed E-state index contributed by atoms with van der Waals surface area (Å²) in [5, 5.41) is 9.75. The van der Waals surface area contributed by atoms with Crippen LogP contribution >= 0.6 is 0 Å². The summed E-state index contributed by atoms with van der Waals surface area (Å²) in [6.07, 6.45) is -0.0849. The molecule has 1 aromatic carbocycles. The summed E-state index contributed by atoms with van der Waals surface area (Å²) in [6.45, 7) is 0. The van der Waals surface area contributed by atoms with Gasteiger partial charge in [0.15, 0.2) is 0 Å². The lowest BCUT2D eigenvalue weighted by Crippen LogP contribution is -2.21. The topological polar surface area (TPSA) is 40.5 Å². The molecular weight excluding hydrogens is 209 g/mol. The molecule has 1 atom stereocenters. The van der Waals surface area contributed by atoms with E-state index in [0.29, 0.717) is 12.0 Å². The van der Waals surface area contributed by atoms with Crippen LogP contribution < -0.4 is 0 Å². The fourth-order valence-electron chi connectivity index (χ4n) is 1.34. The van der Waals surface area contributed by atoms with Crippen molar-refractivity contribution in [1.82, 2.24) is 4.90 Å². The zero-order valence-corrected chi connectivity index (χ0v) is 9.48. The van der Waals surface area contributed by atoms with Gasteiger partial charge in [0.1, 0.15) is 5.82 Å². The van der Waals surface area contributed by atoms with Crippen molar-refractivity contribution < 1.29 is 14.3 Å². The minimum Gasteiger partial charge on any atom is -0.388 e. The predicted molar refractivity (Wildman–Crippen MR) is 59.3 cm³/mol. The molecule has 3 nitrogen and oxygen atoms in total. The Kier molecular flexibility index (Phi) is 4.43. The highest BCUT2D eigenvalue weighted by Gasteiger charge is 2.11. The highest BCUT2D eigenvalue weighted by molar-refractivity contribution is 5.75. The maximum Gasteiger partial charge on any atom is 0.222 e. The van der Waals surface area contributed by atoms with Gasteiger partial charge in [-0.05, 0) is 24.1 Å². The van der Waals surface area contributed by atoms with Crippen LogP contribution in [-0.4, -0.2) is 30.0 Å². The molecule has 0 heterocycles. The van der Waals surface area contributed by atoms with Crippen LogP contribution in [0.4, 0.5) is 4.39 Å². The van der Waals surface area contributed by atoms with E-state index < -0.39 is 6.10 Å². The zero-order valence-electron chi connectivity index (χ0n) is 9.48. The van der Waals surface area contributed by atoms with Gasteiger partial charge in [0.05, 0.1) is 6.10 Å². The number of aliphatic hydroxyl groups excluding tert-OH is 1. The van der Waals surface area contributed by atoms with Crippen LogP contribution in [0.2, 0.25) is 0 Å². The van der Waals surface area contributed by atoms with Gasteiger partial charge >= 0.3 is 0 Å². The average Bonchev–Trinajstić information content (AvgIpc) is 2.26. The third-order valence-corrected chi connectivity index (χ3v) is 2.39. The lowest BCUT2D eigenvalue weighted by Gasteiger charge is -2.13. The Morgan fingerprint density at radius 2 is 1.94 bits per heavy atom. The van der Waals surface area contributed by atoms with Crippen LogP contribution in [0.3, 0.4) is 0 Å². The van der Waals surface area contributed by atoms with Crippen molar-refractivity contribution in [1.29, 1.82) is 0 Å². The molecule has 4 heteroatoms. The van der Waals surface area contributed by atoms with Crippen LogP contribution in [0.25, 0.3) is 0 Å². The molecule has 1 rings (SSSR count). The largest absolute Gasteiger partial charge is 0.388 e. The van der Waals surface area contributed by atoms with Gasteiger partial charge in [0.25, 0.3) is 0 Å². The molecule has 0 aliphatic carbocycles. The Bertz CT molecular complexity index is 349. The van der Waals surface area contributed by atoms with E-state index in [9.17, 15) is 14.3 Å². The van der Waals surface area contributed by atoms with Crippen molar-refractivity contribution in [3.8, 4) is 0 Å². The Hall–Kier alpha value is -1.42. The number of benzene rings is 1. The molecular formula is C12H16FNO2. The van der Waals surface area contributed by atoms with Crippen molar-refractivity contribution in [2.45, 2.75) is 18.9 Å². The first kappa shape index (κ1) is 12.6. The van der Waals surface area contributed by atoms with Crippen molar-refractivity contribution in [2.24, 2.45) is 0 Å². The number of hydrogen-bond acceptors (Lipinski definition) is 2. The number of aliphatic hydroxyl groups is 1. The number of nitrogens with zero attached hydrogens (tertiary/aromatic N) is 1. The Balaban J connectivity index is 2.49. The quantitative estimate of drug-likeness (QED) is 0.847. The molecule has 16 heavy (non-hydrogen) atoms. The normalized spacial score (nSPS) is 12.2. The van der Waals surface area contributed by atoms with E-state index >= 15 is 0 Å². The second-order valence-corrected chi connectivity index (χ2v) is 3.89. The van der Waals surface area contributed by atoms with E-state index in [-0.39, 0.29) is 18.1 Å². The Labute approximate surface area is 94.5 Å². The van der Waals surface area contributed by atoms with Gasteiger partial charge in [-0.2, -0.15) is 0 Å². The number of hydrogen-bond donors (Lipinski definition) is 1. The first-order valence-corrected chi connectivity index (χ1v) is 5.14. The van der Waals surface area contributed by atoms with Gasteiger partial charge in [-0.15, -0.1) is 0 Å². The zero-order chi connectivity index (χ0) is 12.1. The molecule has 0 aliphatic heterocycles. The van der Waals surface area contributed by atoms with Crippen LogP contribution in [0, 0.1) is 5.82 Å². The summed E-state index contributed by atoms with van der Waals surface area (Å²) >= 11 is 0. The third-order valence-electron chi connectivity index (χ3n) is 2.39. The third kappa shape index (κ3) is 3.62. The second kappa shape index (κ2) is 5.61. The smallest absolute Gasteiger partial charge is 0.222 e. The standard InChI is InChI=1S/C12H16FNO2/c1-14(2)12(16)8-7-11(15)9-3-5-10(13)6-4-9/h3-6,11,15H,7-8H2,1-2H3. The van der Waals surface area contributed by atoms with Crippen molar-refractivity contribution in [3.63, 3.8) is 0 Å². The van der Waals surface area contributed by atoms with Crippen LogP contribution in [0.15, 0.2) is 24.3 Å². The summed E-state index contributed by atoms with van der Waals surface area (Å²) in [5.74, 6) is -0.360. The molecule has 0 radical (unpaired) electrons. The maximum absolute atomic E-state index is 12.6. The molecule has 1 aromatic rings. The summed E-state index contributed by atoms with van der Waals surface area (Å²) in [7, 11) is 3.35. The summed E-state index contributed by atoms with van der Waals surface area (Å²) in [4.78, 5) is 12.8. The number of halogens is 1. The van der Waals surface area contributed by atoms with Gasteiger partial charge in [-0.25, -0.2) is 4.39 Å². The number of rotatable bonds is 4. The predicted octanol–water partition coefficient (Wildman–Crippen LogP) is 1.73. The monoisotopic (exact) mass is 225 g/mol.